The van der Waals surface area contributed by atoms with Crippen LogP contribution >= 0.6 is 0 Å². The van der Waals surface area contributed by atoms with Gasteiger partial charge in [-0.05, 0) is 48.9 Å². The Bertz CT molecular complexity index is 788. The third-order valence-electron chi connectivity index (χ3n) is 5.15. The SMILES string of the molecule is C=C/C=C/CC1(C/C=C/C=C)c2ccc(C)cc2-c2cc(C)ccc21. The van der Waals surface area contributed by atoms with Crippen molar-refractivity contribution in [1.29, 1.82) is 0 Å². The third-order valence-corrected chi connectivity index (χ3v) is 5.15. The van der Waals surface area contributed by atoms with Gasteiger partial charge in [-0.3, -0.25) is 0 Å². The zero-order valence-electron chi connectivity index (χ0n) is 15.3. The standard InChI is InChI=1S/C25H26/c1-5-7-9-15-25(16-10-8-6-2)23-13-11-19(3)17-21(23)22-18-20(4)12-14-24(22)25/h5-14,17-18H,1-2,15-16H2,3-4H3/b9-7+,10-8+. The Labute approximate surface area is 151 Å². The summed E-state index contributed by atoms with van der Waals surface area (Å²) in [6.07, 6.45) is 14.2. The van der Waals surface area contributed by atoms with Crippen molar-refractivity contribution in [2.45, 2.75) is 32.1 Å². The van der Waals surface area contributed by atoms with Crippen molar-refractivity contribution in [2.24, 2.45) is 0 Å². The molecule has 1 aliphatic carbocycles. The van der Waals surface area contributed by atoms with Crippen molar-refractivity contribution in [2.75, 3.05) is 0 Å². The first-order valence-electron chi connectivity index (χ1n) is 8.90. The maximum Gasteiger partial charge on any atom is 0.0284 e. The minimum atomic E-state index is -0.0227. The molecule has 2 aromatic carbocycles. The molecule has 0 saturated carbocycles. The van der Waals surface area contributed by atoms with Gasteiger partial charge in [0.15, 0.2) is 0 Å². The molecule has 3 rings (SSSR count). The van der Waals surface area contributed by atoms with Crippen LogP contribution in [0, 0.1) is 13.8 Å². The van der Waals surface area contributed by atoms with Gasteiger partial charge in [0.2, 0.25) is 0 Å². The van der Waals surface area contributed by atoms with Crippen LogP contribution in [-0.2, 0) is 5.41 Å². The van der Waals surface area contributed by atoms with Crippen molar-refractivity contribution in [3.8, 4) is 11.1 Å². The summed E-state index contributed by atoms with van der Waals surface area (Å²) in [5.41, 5.74) is 8.23. The number of aryl methyl sites for hydroxylation is 2. The predicted octanol–water partition coefficient (Wildman–Crippen LogP) is 6.83. The van der Waals surface area contributed by atoms with Crippen LogP contribution in [0.15, 0.2) is 86.0 Å². The molecule has 0 spiro atoms. The fourth-order valence-electron chi connectivity index (χ4n) is 4.00. The molecule has 0 heteroatoms. The van der Waals surface area contributed by atoms with Gasteiger partial charge in [-0.15, -0.1) is 0 Å². The van der Waals surface area contributed by atoms with E-state index in [9.17, 15) is 0 Å². The first-order valence-corrected chi connectivity index (χ1v) is 8.90. The molecule has 0 bridgehead atoms. The van der Waals surface area contributed by atoms with E-state index in [0.29, 0.717) is 0 Å². The first-order chi connectivity index (χ1) is 12.1. The van der Waals surface area contributed by atoms with E-state index >= 15 is 0 Å². The summed E-state index contributed by atoms with van der Waals surface area (Å²) in [6, 6.07) is 13.8. The van der Waals surface area contributed by atoms with Crippen LogP contribution in [0.2, 0.25) is 0 Å². The van der Waals surface area contributed by atoms with Gasteiger partial charge in [0, 0.05) is 5.41 Å². The predicted molar refractivity (Wildman–Crippen MR) is 110 cm³/mol. The van der Waals surface area contributed by atoms with E-state index in [-0.39, 0.29) is 5.41 Å². The fourth-order valence-corrected chi connectivity index (χ4v) is 4.00. The normalized spacial score (nSPS) is 14.6. The average molecular weight is 326 g/mol. The lowest BCUT2D eigenvalue weighted by atomic mass is 9.72. The molecule has 25 heavy (non-hydrogen) atoms. The van der Waals surface area contributed by atoms with Crippen LogP contribution in [-0.4, -0.2) is 0 Å². The molecule has 0 saturated heterocycles. The van der Waals surface area contributed by atoms with Crippen molar-refractivity contribution in [3.63, 3.8) is 0 Å². The summed E-state index contributed by atoms with van der Waals surface area (Å²) < 4.78 is 0. The van der Waals surface area contributed by atoms with Gasteiger partial charge >= 0.3 is 0 Å². The second kappa shape index (κ2) is 7.11. The average Bonchev–Trinajstić information content (AvgIpc) is 2.85. The molecule has 0 aromatic heterocycles. The van der Waals surface area contributed by atoms with Gasteiger partial charge in [-0.1, -0.05) is 97.1 Å². The molecular formula is C25H26. The zero-order chi connectivity index (χ0) is 17.9. The second-order valence-electron chi connectivity index (χ2n) is 6.92. The lowest BCUT2D eigenvalue weighted by molar-refractivity contribution is 0.542. The monoisotopic (exact) mass is 326 g/mol. The Morgan fingerprint density at radius 3 is 1.60 bits per heavy atom. The number of benzene rings is 2. The quantitative estimate of drug-likeness (QED) is 0.510. The molecule has 0 atom stereocenters. The van der Waals surface area contributed by atoms with Crippen LogP contribution in [0.3, 0.4) is 0 Å². The van der Waals surface area contributed by atoms with E-state index in [2.05, 4.69) is 87.7 Å². The molecule has 0 radical (unpaired) electrons. The molecule has 0 amide bonds. The Balaban J connectivity index is 2.25. The maximum absolute atomic E-state index is 3.82. The van der Waals surface area contributed by atoms with Crippen molar-refractivity contribution in [1.82, 2.24) is 0 Å². The van der Waals surface area contributed by atoms with Crippen molar-refractivity contribution < 1.29 is 0 Å². The summed E-state index contributed by atoms with van der Waals surface area (Å²) in [5, 5.41) is 0. The molecule has 0 heterocycles. The molecule has 0 N–H and O–H groups in total. The minimum absolute atomic E-state index is 0.0227. The van der Waals surface area contributed by atoms with Gasteiger partial charge < -0.3 is 0 Å². The Kier molecular flexibility index (Phi) is 4.90. The number of fused-ring (bicyclic) bond motifs is 3. The lowest BCUT2D eigenvalue weighted by Crippen LogP contribution is -2.24. The molecule has 1 aliphatic rings. The van der Waals surface area contributed by atoms with E-state index in [0.717, 1.165) is 12.8 Å². The van der Waals surface area contributed by atoms with Crippen molar-refractivity contribution in [3.05, 3.63) is 108 Å². The first kappa shape index (κ1) is 17.2. The second-order valence-corrected chi connectivity index (χ2v) is 6.92. The largest absolute Gasteiger partial charge is 0.0991 e. The van der Waals surface area contributed by atoms with Gasteiger partial charge in [-0.25, -0.2) is 0 Å². The topological polar surface area (TPSA) is 0 Å². The summed E-state index contributed by atoms with van der Waals surface area (Å²) in [5.74, 6) is 0. The fraction of sp³-hybridized carbons (Fsp3) is 0.200. The van der Waals surface area contributed by atoms with Crippen LogP contribution in [0.25, 0.3) is 11.1 Å². The van der Waals surface area contributed by atoms with Crippen LogP contribution < -0.4 is 0 Å². The minimum Gasteiger partial charge on any atom is -0.0991 e. The highest BCUT2D eigenvalue weighted by atomic mass is 14.4. The molecule has 0 nitrogen and oxygen atoms in total. The number of allylic oxidation sites excluding steroid dienone is 6. The van der Waals surface area contributed by atoms with Crippen LogP contribution in [0.4, 0.5) is 0 Å². The van der Waals surface area contributed by atoms with Gasteiger partial charge in [-0.2, -0.15) is 0 Å². The molecule has 0 aliphatic heterocycles. The van der Waals surface area contributed by atoms with Crippen molar-refractivity contribution >= 4 is 0 Å². The van der Waals surface area contributed by atoms with Gasteiger partial charge in [0.1, 0.15) is 0 Å². The molecule has 0 fully saturated rings. The smallest absolute Gasteiger partial charge is 0.0284 e. The molecule has 126 valence electrons. The Hall–Kier alpha value is -2.60. The molecule has 2 aromatic rings. The number of hydrogen-bond acceptors (Lipinski definition) is 0. The highest BCUT2D eigenvalue weighted by Crippen LogP contribution is 2.53. The third kappa shape index (κ3) is 3.05. The lowest BCUT2D eigenvalue weighted by Gasteiger charge is -2.30. The number of hydrogen-bond donors (Lipinski definition) is 0. The number of rotatable bonds is 6. The summed E-state index contributed by atoms with van der Waals surface area (Å²) in [4.78, 5) is 0. The van der Waals surface area contributed by atoms with Crippen LogP contribution in [0.5, 0.6) is 0 Å². The van der Waals surface area contributed by atoms with E-state index in [1.54, 1.807) is 0 Å². The maximum atomic E-state index is 3.82. The Morgan fingerprint density at radius 1 is 0.760 bits per heavy atom. The summed E-state index contributed by atoms with van der Waals surface area (Å²) >= 11 is 0. The summed E-state index contributed by atoms with van der Waals surface area (Å²) in [6.45, 7) is 12.0. The van der Waals surface area contributed by atoms with Gasteiger partial charge in [0.05, 0.1) is 0 Å². The van der Waals surface area contributed by atoms with E-state index < -0.39 is 0 Å². The van der Waals surface area contributed by atoms with E-state index in [1.807, 2.05) is 12.2 Å². The highest BCUT2D eigenvalue weighted by molar-refractivity contribution is 5.82. The highest BCUT2D eigenvalue weighted by Gasteiger charge is 2.41. The Morgan fingerprint density at radius 2 is 1.20 bits per heavy atom. The summed E-state index contributed by atoms with van der Waals surface area (Å²) in [7, 11) is 0. The van der Waals surface area contributed by atoms with E-state index in [1.165, 1.54) is 33.4 Å². The van der Waals surface area contributed by atoms with Gasteiger partial charge in [0.25, 0.3) is 0 Å². The zero-order valence-corrected chi connectivity index (χ0v) is 15.3. The van der Waals surface area contributed by atoms with E-state index in [4.69, 9.17) is 0 Å². The molecular weight excluding hydrogens is 300 g/mol. The van der Waals surface area contributed by atoms with Crippen LogP contribution in [0.1, 0.15) is 35.1 Å². The molecule has 0 unspecified atom stereocenters.